The average molecular weight is 415 g/mol. The summed E-state index contributed by atoms with van der Waals surface area (Å²) in [6.45, 7) is 1.16. The van der Waals surface area contributed by atoms with Crippen LogP contribution in [-0.4, -0.2) is 50.9 Å². The molecule has 0 N–H and O–H groups in total. The molecular weight excluding hydrogens is 399 g/mol. The minimum absolute atomic E-state index is 0.238. The lowest BCUT2D eigenvalue weighted by atomic mass is 10.5. The molecule has 0 saturated carbocycles. The maximum Gasteiger partial charge on any atom is 0.223 e. The van der Waals surface area contributed by atoms with Crippen LogP contribution in [0.15, 0.2) is 6.20 Å². The van der Waals surface area contributed by atoms with Gasteiger partial charge in [-0.05, 0) is 53.0 Å². The zero-order chi connectivity index (χ0) is 14.0. The quantitative estimate of drug-likeness (QED) is 0.429. The fourth-order valence-electron chi connectivity index (χ4n) is 1.46. The van der Waals surface area contributed by atoms with Crippen molar-refractivity contribution in [1.29, 1.82) is 0 Å². The third kappa shape index (κ3) is 4.17. The number of hydrogen-bond acceptors (Lipinski definition) is 4. The van der Waals surface area contributed by atoms with E-state index in [4.69, 9.17) is 16.3 Å². The van der Waals surface area contributed by atoms with Crippen LogP contribution in [0.5, 0.6) is 0 Å². The van der Waals surface area contributed by atoms with Gasteiger partial charge in [-0.2, -0.15) is 5.10 Å². The van der Waals surface area contributed by atoms with Gasteiger partial charge in [-0.25, -0.2) is 24.7 Å². The molecule has 0 amide bonds. The first-order valence-corrected chi connectivity index (χ1v) is 10.1. The van der Waals surface area contributed by atoms with Crippen molar-refractivity contribution in [2.24, 2.45) is 0 Å². The number of ether oxygens (including phenoxy) is 1. The maximum atomic E-state index is 5.79. The first-order chi connectivity index (χ1) is 8.87. The Hall–Kier alpha value is -0.120. The third-order valence-corrected chi connectivity index (χ3v) is 4.78. The minimum Gasteiger partial charge on any atom is -0.358 e. The molecule has 0 radical (unpaired) electrons. The summed E-state index contributed by atoms with van der Waals surface area (Å²) in [5, 5.41) is 4.63. The average Bonchev–Trinajstić information content (AvgIpc) is 2.60. The monoisotopic (exact) mass is 414 g/mol. The van der Waals surface area contributed by atoms with E-state index in [9.17, 15) is 0 Å². The predicted octanol–water partition coefficient (Wildman–Crippen LogP) is 2.75. The van der Waals surface area contributed by atoms with Crippen LogP contribution >= 0.6 is 44.2 Å². The maximum absolute atomic E-state index is 5.79. The molecule has 0 aliphatic rings. The number of fused-ring (bicyclic) bond motifs is 1. The van der Waals surface area contributed by atoms with Crippen molar-refractivity contribution < 1.29 is 4.74 Å². The molecule has 0 aliphatic carbocycles. The van der Waals surface area contributed by atoms with Crippen LogP contribution in [0.1, 0.15) is 0 Å². The van der Waals surface area contributed by atoms with Gasteiger partial charge in [-0.3, -0.25) is 0 Å². The molecule has 2 aromatic rings. The predicted molar refractivity (Wildman–Crippen MR) is 89.2 cm³/mol. The second kappa shape index (κ2) is 6.11. The van der Waals surface area contributed by atoms with Gasteiger partial charge in [0, 0.05) is 5.75 Å². The molecule has 0 saturated heterocycles. The lowest BCUT2D eigenvalue weighted by molar-refractivity contribution is 0.0838. The summed E-state index contributed by atoms with van der Waals surface area (Å²) in [6, 6.07) is 0. The highest BCUT2D eigenvalue weighted by Crippen LogP contribution is 2.33. The number of aromatic nitrogens is 4. The van der Waals surface area contributed by atoms with Gasteiger partial charge >= 0.3 is 0 Å². The van der Waals surface area contributed by atoms with E-state index in [-0.39, 0.29) is 5.28 Å². The van der Waals surface area contributed by atoms with Crippen molar-refractivity contribution in [2.75, 3.05) is 31.1 Å². The molecule has 2 aromatic heterocycles. The van der Waals surface area contributed by atoms with Crippen molar-refractivity contribution >= 4 is 55.3 Å². The SMILES string of the molecule is CS(C)(C)CCOCn1nc(I)c2nc(Cl)ncc21. The first-order valence-electron chi connectivity index (χ1n) is 5.65. The van der Waals surface area contributed by atoms with Crippen LogP contribution in [0.4, 0.5) is 0 Å². The standard InChI is InChI=1S/C11H16ClIN4OS/c1-19(2,3)5-4-18-7-17-8-6-14-11(12)15-9(8)10(13)16-17/h6H,4-5,7H2,1-3H3. The molecule has 0 aliphatic heterocycles. The second-order valence-corrected chi connectivity index (χ2v) is 10.9. The Labute approximate surface area is 132 Å². The normalized spacial score (nSPS) is 13.1. The molecule has 0 atom stereocenters. The molecule has 8 heteroatoms. The highest BCUT2D eigenvalue weighted by atomic mass is 127. The third-order valence-electron chi connectivity index (χ3n) is 2.48. The van der Waals surface area contributed by atoms with Crippen LogP contribution in [0.25, 0.3) is 11.0 Å². The Morgan fingerprint density at radius 1 is 1.42 bits per heavy atom. The Kier molecular flexibility index (Phi) is 4.91. The largest absolute Gasteiger partial charge is 0.358 e. The van der Waals surface area contributed by atoms with Gasteiger partial charge in [-0.15, -0.1) is 0 Å². The molecule has 0 fully saturated rings. The second-order valence-electron chi connectivity index (χ2n) is 5.00. The van der Waals surface area contributed by atoms with E-state index in [0.29, 0.717) is 6.73 Å². The van der Waals surface area contributed by atoms with E-state index < -0.39 is 10.0 Å². The fourth-order valence-corrected chi connectivity index (χ4v) is 2.87. The Morgan fingerprint density at radius 2 is 2.16 bits per heavy atom. The Morgan fingerprint density at radius 3 is 2.84 bits per heavy atom. The molecule has 5 nitrogen and oxygen atoms in total. The van der Waals surface area contributed by atoms with Crippen LogP contribution in [-0.2, 0) is 11.5 Å². The van der Waals surface area contributed by atoms with Crippen LogP contribution < -0.4 is 0 Å². The van der Waals surface area contributed by atoms with Crippen molar-refractivity contribution in [3.8, 4) is 0 Å². The van der Waals surface area contributed by atoms with Crippen molar-refractivity contribution in [1.82, 2.24) is 19.7 Å². The van der Waals surface area contributed by atoms with E-state index in [1.54, 1.807) is 10.9 Å². The number of rotatable bonds is 5. The fraction of sp³-hybridized carbons (Fsp3) is 0.545. The Bertz CT molecular complexity index is 584. The van der Waals surface area contributed by atoms with Gasteiger partial charge in [0.15, 0.2) is 0 Å². The molecule has 2 rings (SSSR count). The lowest BCUT2D eigenvalue weighted by Gasteiger charge is -2.24. The molecule has 2 heterocycles. The number of hydrogen-bond donors (Lipinski definition) is 0. The van der Waals surface area contributed by atoms with Gasteiger partial charge in [0.2, 0.25) is 5.28 Å². The smallest absolute Gasteiger partial charge is 0.223 e. The van der Waals surface area contributed by atoms with Crippen molar-refractivity contribution in [3.05, 3.63) is 15.2 Å². The summed E-state index contributed by atoms with van der Waals surface area (Å²) in [4.78, 5) is 8.16. The number of nitrogens with zero attached hydrogens (tertiary/aromatic N) is 4. The lowest BCUT2D eigenvalue weighted by Crippen LogP contribution is -2.10. The molecule has 19 heavy (non-hydrogen) atoms. The van der Waals surface area contributed by atoms with Gasteiger partial charge in [0.05, 0.1) is 12.8 Å². The van der Waals surface area contributed by atoms with E-state index in [0.717, 1.165) is 27.1 Å². The topological polar surface area (TPSA) is 52.8 Å². The summed E-state index contributed by atoms with van der Waals surface area (Å²) in [7, 11) is -0.520. The highest BCUT2D eigenvalue weighted by molar-refractivity contribution is 14.1. The first kappa shape index (κ1) is 15.3. The van der Waals surface area contributed by atoms with Crippen LogP contribution in [0.3, 0.4) is 0 Å². The van der Waals surface area contributed by atoms with E-state index in [2.05, 4.69) is 56.4 Å². The summed E-state index contributed by atoms with van der Waals surface area (Å²) >= 11 is 7.92. The van der Waals surface area contributed by atoms with Crippen LogP contribution in [0, 0.1) is 3.70 Å². The van der Waals surface area contributed by atoms with Crippen molar-refractivity contribution in [2.45, 2.75) is 6.73 Å². The van der Waals surface area contributed by atoms with Gasteiger partial charge in [-0.1, -0.05) is 0 Å². The zero-order valence-corrected chi connectivity index (χ0v) is 14.8. The summed E-state index contributed by atoms with van der Waals surface area (Å²) in [5.74, 6) is 1.09. The molecule has 106 valence electrons. The van der Waals surface area contributed by atoms with Gasteiger partial charge in [0.1, 0.15) is 21.5 Å². The van der Waals surface area contributed by atoms with Crippen LogP contribution in [0.2, 0.25) is 5.28 Å². The molecule has 0 bridgehead atoms. The number of halogens is 2. The van der Waals surface area contributed by atoms with E-state index in [1.165, 1.54) is 0 Å². The molecule has 0 aromatic carbocycles. The van der Waals surface area contributed by atoms with Gasteiger partial charge < -0.3 is 4.74 Å². The molecule has 0 unspecified atom stereocenters. The summed E-state index contributed by atoms with van der Waals surface area (Å²) < 4.78 is 8.25. The van der Waals surface area contributed by atoms with E-state index in [1.807, 2.05) is 0 Å². The van der Waals surface area contributed by atoms with Gasteiger partial charge in [0.25, 0.3) is 0 Å². The molecular formula is C11H16ClIN4OS. The van der Waals surface area contributed by atoms with E-state index >= 15 is 0 Å². The summed E-state index contributed by atoms with van der Waals surface area (Å²) in [6.07, 6.45) is 8.51. The Balaban J connectivity index is 2.05. The minimum atomic E-state index is -0.520. The summed E-state index contributed by atoms with van der Waals surface area (Å²) in [5.41, 5.74) is 1.61. The zero-order valence-electron chi connectivity index (χ0n) is 11.1. The molecule has 0 spiro atoms. The van der Waals surface area contributed by atoms with Crippen molar-refractivity contribution in [3.63, 3.8) is 0 Å². The highest BCUT2D eigenvalue weighted by Gasteiger charge is 2.11.